The smallest absolute Gasteiger partial charge is 0.337 e. The third kappa shape index (κ3) is 3.02. The Morgan fingerprint density at radius 2 is 1.73 bits per heavy atom. The molecule has 1 aromatic heterocycles. The van der Waals surface area contributed by atoms with E-state index in [0.29, 0.717) is 16.8 Å². The fourth-order valence-corrected chi connectivity index (χ4v) is 4.10. The number of nitrogens with zero attached hydrogens (tertiary/aromatic N) is 1. The lowest BCUT2D eigenvalue weighted by atomic mass is 9.72. The Labute approximate surface area is 173 Å². The molecule has 4 rings (SSSR count). The standard InChI is InChI=1S/C25H20N2O3/c1-25(2)13-19(26)22(23(24(29)30)18(25)14-28)17-10-6-8-15-7-5-9-16(21(15)17)20-11-3-4-12-27-20/h3-13H,26H2,1-2H3,(H,29,30). The molecular weight excluding hydrogens is 376 g/mol. The summed E-state index contributed by atoms with van der Waals surface area (Å²) in [7, 11) is 0. The van der Waals surface area contributed by atoms with Crippen LogP contribution >= 0.6 is 0 Å². The normalized spacial score (nSPS) is 15.7. The molecule has 5 nitrogen and oxygen atoms in total. The molecule has 0 aliphatic heterocycles. The van der Waals surface area contributed by atoms with Crippen molar-refractivity contribution in [3.63, 3.8) is 0 Å². The van der Waals surface area contributed by atoms with Crippen molar-refractivity contribution in [1.29, 1.82) is 0 Å². The first kappa shape index (κ1) is 19.4. The second-order valence-electron chi connectivity index (χ2n) is 7.78. The maximum absolute atomic E-state index is 12.3. The third-order valence-electron chi connectivity index (χ3n) is 5.38. The lowest BCUT2D eigenvalue weighted by Gasteiger charge is -2.30. The number of carbonyl (C=O) groups is 1. The molecule has 1 aliphatic carbocycles. The van der Waals surface area contributed by atoms with Gasteiger partial charge >= 0.3 is 5.97 Å². The van der Waals surface area contributed by atoms with E-state index in [0.717, 1.165) is 22.0 Å². The van der Waals surface area contributed by atoms with Crippen molar-refractivity contribution in [3.8, 4) is 11.3 Å². The van der Waals surface area contributed by atoms with Crippen LogP contribution in [-0.2, 0) is 9.59 Å². The molecule has 3 aromatic rings. The molecule has 0 unspecified atom stereocenters. The van der Waals surface area contributed by atoms with Crippen molar-refractivity contribution in [2.24, 2.45) is 11.1 Å². The number of carboxylic acid groups (broad SMARTS) is 1. The molecule has 0 saturated carbocycles. The van der Waals surface area contributed by atoms with Crippen molar-refractivity contribution in [2.45, 2.75) is 13.8 Å². The molecule has 5 heteroatoms. The highest BCUT2D eigenvalue weighted by Crippen LogP contribution is 2.45. The van der Waals surface area contributed by atoms with E-state index >= 15 is 0 Å². The number of nitrogens with two attached hydrogens (primary N) is 1. The van der Waals surface area contributed by atoms with Gasteiger partial charge in [-0.2, -0.15) is 0 Å². The van der Waals surface area contributed by atoms with Gasteiger partial charge < -0.3 is 10.8 Å². The number of carboxylic acids is 1. The zero-order valence-electron chi connectivity index (χ0n) is 16.6. The molecule has 0 saturated heterocycles. The maximum Gasteiger partial charge on any atom is 0.337 e. The number of fused-ring (bicyclic) bond motifs is 1. The third-order valence-corrected chi connectivity index (χ3v) is 5.38. The van der Waals surface area contributed by atoms with E-state index in [1.165, 1.54) is 0 Å². The minimum absolute atomic E-state index is 0.0755. The van der Waals surface area contributed by atoms with E-state index in [1.54, 1.807) is 26.1 Å². The molecule has 1 heterocycles. The van der Waals surface area contributed by atoms with E-state index in [9.17, 15) is 14.7 Å². The molecule has 0 radical (unpaired) electrons. The Morgan fingerprint density at radius 1 is 1.03 bits per heavy atom. The Bertz CT molecular complexity index is 1290. The van der Waals surface area contributed by atoms with Crippen LogP contribution < -0.4 is 5.73 Å². The predicted octanol–water partition coefficient (Wildman–Crippen LogP) is 4.38. The molecule has 0 spiro atoms. The Balaban J connectivity index is 2.15. The first-order valence-corrected chi connectivity index (χ1v) is 9.51. The van der Waals surface area contributed by atoms with Crippen LogP contribution in [0.5, 0.6) is 0 Å². The topological polar surface area (TPSA) is 93.3 Å². The summed E-state index contributed by atoms with van der Waals surface area (Å²) in [5.74, 6) is 0.647. The van der Waals surface area contributed by atoms with Crippen LogP contribution in [0.2, 0.25) is 0 Å². The highest BCUT2D eigenvalue weighted by molar-refractivity contribution is 6.13. The zero-order valence-corrected chi connectivity index (χ0v) is 16.6. The molecular formula is C25H20N2O3. The summed E-state index contributed by atoms with van der Waals surface area (Å²) >= 11 is 0. The summed E-state index contributed by atoms with van der Waals surface area (Å²) in [6.45, 7) is 3.50. The van der Waals surface area contributed by atoms with Gasteiger partial charge in [-0.05, 0) is 34.5 Å². The van der Waals surface area contributed by atoms with Crippen LogP contribution in [-0.4, -0.2) is 22.0 Å². The summed E-state index contributed by atoms with van der Waals surface area (Å²) in [5.41, 5.74) is 8.43. The average molecular weight is 396 g/mol. The van der Waals surface area contributed by atoms with Gasteiger partial charge in [-0.3, -0.25) is 4.98 Å². The van der Waals surface area contributed by atoms with Gasteiger partial charge in [-0.25, -0.2) is 9.59 Å². The van der Waals surface area contributed by atoms with Crippen LogP contribution in [0.1, 0.15) is 19.4 Å². The van der Waals surface area contributed by atoms with Crippen LogP contribution in [0, 0.1) is 5.41 Å². The Hall–Kier alpha value is -3.95. The van der Waals surface area contributed by atoms with Crippen molar-refractivity contribution < 1.29 is 14.7 Å². The monoisotopic (exact) mass is 396 g/mol. The first-order valence-electron chi connectivity index (χ1n) is 9.51. The highest BCUT2D eigenvalue weighted by Gasteiger charge is 2.37. The van der Waals surface area contributed by atoms with E-state index in [1.807, 2.05) is 60.5 Å². The fraction of sp³-hybridized carbons (Fsp3) is 0.120. The van der Waals surface area contributed by atoms with Crippen molar-refractivity contribution in [2.75, 3.05) is 0 Å². The van der Waals surface area contributed by atoms with E-state index in [4.69, 9.17) is 5.73 Å². The van der Waals surface area contributed by atoms with E-state index in [2.05, 4.69) is 4.98 Å². The van der Waals surface area contributed by atoms with Gasteiger partial charge in [0, 0.05) is 28.4 Å². The molecule has 1 aliphatic rings. The van der Waals surface area contributed by atoms with Crippen molar-refractivity contribution in [1.82, 2.24) is 4.98 Å². The van der Waals surface area contributed by atoms with Gasteiger partial charge in [0.25, 0.3) is 0 Å². The van der Waals surface area contributed by atoms with Crippen LogP contribution in [0.15, 0.2) is 83.7 Å². The fourth-order valence-electron chi connectivity index (χ4n) is 4.10. The zero-order chi connectivity index (χ0) is 21.5. The lowest BCUT2D eigenvalue weighted by Crippen LogP contribution is -2.26. The number of aliphatic carboxylic acids is 1. The van der Waals surface area contributed by atoms with Gasteiger partial charge in [-0.1, -0.05) is 56.3 Å². The Kier molecular flexibility index (Phi) is 4.61. The molecule has 0 atom stereocenters. The van der Waals surface area contributed by atoms with E-state index in [-0.39, 0.29) is 11.1 Å². The van der Waals surface area contributed by atoms with Gasteiger partial charge in [0.05, 0.1) is 16.8 Å². The molecule has 148 valence electrons. The second-order valence-corrected chi connectivity index (χ2v) is 7.78. The number of pyridine rings is 1. The number of aromatic nitrogens is 1. The molecule has 0 fully saturated rings. The summed E-state index contributed by atoms with van der Waals surface area (Å²) < 4.78 is 0. The molecule has 30 heavy (non-hydrogen) atoms. The van der Waals surface area contributed by atoms with Crippen LogP contribution in [0.3, 0.4) is 0 Å². The molecule has 3 N–H and O–H groups in total. The SMILES string of the molecule is CC1(C)C=C(N)C(c2cccc3cccc(-c4ccccn4)c23)=C(C(=O)O)C1=C=O. The number of allylic oxidation sites excluding steroid dienone is 2. The van der Waals surface area contributed by atoms with Gasteiger partial charge in [0.15, 0.2) is 0 Å². The number of benzene rings is 2. The molecule has 2 aromatic carbocycles. The van der Waals surface area contributed by atoms with Crippen molar-refractivity contribution >= 4 is 28.3 Å². The highest BCUT2D eigenvalue weighted by atomic mass is 16.4. The van der Waals surface area contributed by atoms with Gasteiger partial charge in [-0.15, -0.1) is 0 Å². The van der Waals surface area contributed by atoms with Crippen LogP contribution in [0.25, 0.3) is 27.6 Å². The second kappa shape index (κ2) is 7.14. The van der Waals surface area contributed by atoms with Crippen LogP contribution in [0.4, 0.5) is 0 Å². The minimum Gasteiger partial charge on any atom is -0.478 e. The van der Waals surface area contributed by atoms with Gasteiger partial charge in [0.1, 0.15) is 5.94 Å². The number of carbonyl (C=O) groups excluding carboxylic acids is 1. The number of hydrogen-bond acceptors (Lipinski definition) is 4. The quantitative estimate of drug-likeness (QED) is 0.641. The summed E-state index contributed by atoms with van der Waals surface area (Å²) in [6.07, 6.45) is 3.43. The number of hydrogen-bond donors (Lipinski definition) is 2. The predicted molar refractivity (Wildman–Crippen MR) is 117 cm³/mol. The summed E-state index contributed by atoms with van der Waals surface area (Å²) in [4.78, 5) is 28.5. The Morgan fingerprint density at radius 3 is 2.33 bits per heavy atom. The summed E-state index contributed by atoms with van der Waals surface area (Å²) in [5, 5.41) is 11.8. The average Bonchev–Trinajstić information content (AvgIpc) is 2.72. The largest absolute Gasteiger partial charge is 0.478 e. The minimum atomic E-state index is -1.21. The van der Waals surface area contributed by atoms with Crippen molar-refractivity contribution in [3.05, 3.63) is 89.3 Å². The first-order chi connectivity index (χ1) is 14.3. The lowest BCUT2D eigenvalue weighted by molar-refractivity contribution is -0.132. The molecule has 0 bridgehead atoms. The molecule has 0 amide bonds. The maximum atomic E-state index is 12.3. The number of rotatable bonds is 3. The van der Waals surface area contributed by atoms with Gasteiger partial charge in [0.2, 0.25) is 0 Å². The summed E-state index contributed by atoms with van der Waals surface area (Å²) in [6, 6.07) is 17.1. The van der Waals surface area contributed by atoms with E-state index < -0.39 is 11.4 Å².